The van der Waals surface area contributed by atoms with Gasteiger partial charge in [0.2, 0.25) is 0 Å². The van der Waals surface area contributed by atoms with Crippen LogP contribution in [0.2, 0.25) is 0 Å². The number of anilines is 1. The third-order valence-corrected chi connectivity index (χ3v) is 3.05. The first-order valence-corrected chi connectivity index (χ1v) is 7.49. The summed E-state index contributed by atoms with van der Waals surface area (Å²) in [6, 6.07) is 7.91. The smallest absolute Gasteiger partial charge is 0.319 e. The number of benzene rings is 1. The zero-order valence-electron chi connectivity index (χ0n) is 12.7. The van der Waals surface area contributed by atoms with Crippen LogP contribution in [0.3, 0.4) is 0 Å². The normalized spacial score (nSPS) is 14.2. The fourth-order valence-electron chi connectivity index (χ4n) is 1.85. The van der Waals surface area contributed by atoms with Gasteiger partial charge in [0.25, 0.3) is 0 Å². The number of ether oxygens (including phenoxy) is 2. The summed E-state index contributed by atoms with van der Waals surface area (Å²) in [5, 5.41) is 5.73. The van der Waals surface area contributed by atoms with Crippen LogP contribution in [0.25, 0.3) is 0 Å². The maximum absolute atomic E-state index is 11.7. The maximum Gasteiger partial charge on any atom is 0.319 e. The van der Waals surface area contributed by atoms with E-state index in [0.717, 1.165) is 24.1 Å². The van der Waals surface area contributed by atoms with Crippen molar-refractivity contribution in [1.82, 2.24) is 5.32 Å². The molecule has 0 bridgehead atoms. The summed E-state index contributed by atoms with van der Waals surface area (Å²) in [5.41, 5.74) is 1.82. The number of hydrogen-bond donors (Lipinski definition) is 2. The number of urea groups is 1. The average Bonchev–Trinajstić information content (AvgIpc) is 3.22. The van der Waals surface area contributed by atoms with E-state index in [0.29, 0.717) is 25.9 Å². The van der Waals surface area contributed by atoms with Crippen LogP contribution in [0.5, 0.6) is 0 Å². The zero-order chi connectivity index (χ0) is 15.1. The molecule has 0 atom stereocenters. The molecule has 1 aromatic carbocycles. The molecule has 1 aliphatic carbocycles. The van der Waals surface area contributed by atoms with E-state index in [4.69, 9.17) is 9.47 Å². The highest BCUT2D eigenvalue weighted by Gasteiger charge is 2.23. The van der Waals surface area contributed by atoms with Crippen LogP contribution in [0.1, 0.15) is 32.3 Å². The molecule has 21 heavy (non-hydrogen) atoms. The van der Waals surface area contributed by atoms with Crippen LogP contribution in [0.15, 0.2) is 24.3 Å². The van der Waals surface area contributed by atoms with E-state index in [1.807, 2.05) is 38.1 Å². The molecule has 5 nitrogen and oxygen atoms in total. The van der Waals surface area contributed by atoms with Gasteiger partial charge in [0.1, 0.15) is 0 Å². The maximum atomic E-state index is 11.7. The van der Waals surface area contributed by atoms with Gasteiger partial charge in [-0.3, -0.25) is 0 Å². The molecular formula is C16H24N2O3. The first-order valence-electron chi connectivity index (χ1n) is 7.49. The van der Waals surface area contributed by atoms with Crippen molar-refractivity contribution in [2.45, 2.75) is 45.4 Å². The molecule has 0 aliphatic heterocycles. The third-order valence-electron chi connectivity index (χ3n) is 3.05. The van der Waals surface area contributed by atoms with Gasteiger partial charge in [0, 0.05) is 11.7 Å². The van der Waals surface area contributed by atoms with Crippen LogP contribution >= 0.6 is 0 Å². The molecule has 0 unspecified atom stereocenters. The Hall–Kier alpha value is -1.59. The van der Waals surface area contributed by atoms with Crippen molar-refractivity contribution in [1.29, 1.82) is 0 Å². The molecule has 2 N–H and O–H groups in total. The summed E-state index contributed by atoms with van der Waals surface area (Å²) in [5.74, 6) is 0. The minimum atomic E-state index is -0.138. The van der Waals surface area contributed by atoms with E-state index in [1.165, 1.54) is 0 Å². The summed E-state index contributed by atoms with van der Waals surface area (Å²) in [4.78, 5) is 11.7. The van der Waals surface area contributed by atoms with E-state index >= 15 is 0 Å². The minimum absolute atomic E-state index is 0.138. The lowest BCUT2D eigenvalue weighted by Gasteiger charge is -2.10. The second-order valence-electron chi connectivity index (χ2n) is 5.55. The Labute approximate surface area is 126 Å². The van der Waals surface area contributed by atoms with E-state index < -0.39 is 0 Å². The molecule has 5 heteroatoms. The van der Waals surface area contributed by atoms with Crippen molar-refractivity contribution in [3.8, 4) is 0 Å². The molecule has 1 saturated carbocycles. The van der Waals surface area contributed by atoms with E-state index in [9.17, 15) is 4.79 Å². The second kappa shape index (κ2) is 8.00. The monoisotopic (exact) mass is 292 g/mol. The molecule has 0 spiro atoms. The fourth-order valence-corrected chi connectivity index (χ4v) is 1.85. The first-order chi connectivity index (χ1) is 10.1. The molecule has 2 rings (SSSR count). The van der Waals surface area contributed by atoms with Crippen molar-refractivity contribution in [3.05, 3.63) is 29.8 Å². The highest BCUT2D eigenvalue weighted by molar-refractivity contribution is 5.89. The zero-order valence-corrected chi connectivity index (χ0v) is 12.7. The van der Waals surface area contributed by atoms with Crippen LogP contribution in [0, 0.1) is 0 Å². The van der Waals surface area contributed by atoms with Crippen molar-refractivity contribution in [3.63, 3.8) is 0 Å². The summed E-state index contributed by atoms with van der Waals surface area (Å²) in [6.07, 6.45) is 2.39. The standard InChI is InChI=1S/C16H24N2O3/c1-12(2)21-9-8-20-11-13-4-3-5-15(10-13)18-16(19)17-14-6-7-14/h3-5,10,12,14H,6-9,11H2,1-2H3,(H2,17,18,19). The van der Waals surface area contributed by atoms with Gasteiger partial charge in [-0.15, -0.1) is 0 Å². The van der Waals surface area contributed by atoms with Gasteiger partial charge >= 0.3 is 6.03 Å². The summed E-state index contributed by atoms with van der Waals surface area (Å²) < 4.78 is 11.0. The molecule has 0 heterocycles. The van der Waals surface area contributed by atoms with Gasteiger partial charge in [0.15, 0.2) is 0 Å². The second-order valence-corrected chi connectivity index (χ2v) is 5.55. The number of carbonyl (C=O) groups is 1. The number of carbonyl (C=O) groups excluding carboxylic acids is 1. The Morgan fingerprint density at radius 1 is 1.33 bits per heavy atom. The van der Waals surface area contributed by atoms with E-state index in [-0.39, 0.29) is 12.1 Å². The van der Waals surface area contributed by atoms with Gasteiger partial charge < -0.3 is 20.1 Å². The van der Waals surface area contributed by atoms with Gasteiger partial charge in [-0.25, -0.2) is 4.79 Å². The van der Waals surface area contributed by atoms with E-state index in [2.05, 4.69) is 10.6 Å². The summed E-state index contributed by atoms with van der Waals surface area (Å²) in [6.45, 7) is 5.68. The molecule has 1 aromatic rings. The van der Waals surface area contributed by atoms with Gasteiger partial charge in [-0.2, -0.15) is 0 Å². The van der Waals surface area contributed by atoms with E-state index in [1.54, 1.807) is 0 Å². The number of rotatable bonds is 8. The molecule has 2 amide bonds. The predicted molar refractivity (Wildman–Crippen MR) is 82.4 cm³/mol. The molecule has 0 radical (unpaired) electrons. The molecule has 0 aromatic heterocycles. The lowest BCUT2D eigenvalue weighted by atomic mass is 10.2. The highest BCUT2D eigenvalue weighted by Crippen LogP contribution is 2.19. The van der Waals surface area contributed by atoms with Crippen LogP contribution in [-0.4, -0.2) is 31.4 Å². The fraction of sp³-hybridized carbons (Fsp3) is 0.562. The van der Waals surface area contributed by atoms with Crippen LogP contribution < -0.4 is 10.6 Å². The molecule has 0 saturated heterocycles. The summed E-state index contributed by atoms with van der Waals surface area (Å²) >= 11 is 0. The first kappa shape index (κ1) is 15.8. The van der Waals surface area contributed by atoms with Crippen molar-refractivity contribution in [2.24, 2.45) is 0 Å². The molecule has 116 valence electrons. The number of nitrogens with one attached hydrogen (secondary N) is 2. The Kier molecular flexibility index (Phi) is 6.02. The lowest BCUT2D eigenvalue weighted by molar-refractivity contribution is 0.0143. The number of hydrogen-bond acceptors (Lipinski definition) is 3. The van der Waals surface area contributed by atoms with Crippen LogP contribution in [0.4, 0.5) is 10.5 Å². The lowest BCUT2D eigenvalue weighted by Crippen LogP contribution is -2.30. The molecule has 1 fully saturated rings. The predicted octanol–water partition coefficient (Wildman–Crippen LogP) is 2.91. The number of amides is 2. The van der Waals surface area contributed by atoms with Crippen molar-refractivity contribution in [2.75, 3.05) is 18.5 Å². The Morgan fingerprint density at radius 2 is 2.14 bits per heavy atom. The van der Waals surface area contributed by atoms with Gasteiger partial charge in [0.05, 0.1) is 25.9 Å². The quantitative estimate of drug-likeness (QED) is 0.724. The van der Waals surface area contributed by atoms with Gasteiger partial charge in [-0.05, 0) is 44.4 Å². The Bertz CT molecular complexity index is 459. The van der Waals surface area contributed by atoms with Crippen molar-refractivity contribution >= 4 is 11.7 Å². The van der Waals surface area contributed by atoms with Crippen LogP contribution in [-0.2, 0) is 16.1 Å². The topological polar surface area (TPSA) is 59.6 Å². The largest absolute Gasteiger partial charge is 0.376 e. The Morgan fingerprint density at radius 3 is 2.86 bits per heavy atom. The summed E-state index contributed by atoms with van der Waals surface area (Å²) in [7, 11) is 0. The third kappa shape index (κ3) is 6.60. The highest BCUT2D eigenvalue weighted by atomic mass is 16.5. The average molecular weight is 292 g/mol. The SMILES string of the molecule is CC(C)OCCOCc1cccc(NC(=O)NC2CC2)c1. The molecular weight excluding hydrogens is 268 g/mol. The van der Waals surface area contributed by atoms with Gasteiger partial charge in [-0.1, -0.05) is 12.1 Å². The minimum Gasteiger partial charge on any atom is -0.376 e. The Balaban J connectivity index is 1.70. The molecule has 1 aliphatic rings. The van der Waals surface area contributed by atoms with Crippen molar-refractivity contribution < 1.29 is 14.3 Å².